The first-order valence-electron chi connectivity index (χ1n) is 6.91. The Labute approximate surface area is 117 Å². The minimum atomic E-state index is -0.843. The Morgan fingerprint density at radius 3 is 2.63 bits per heavy atom. The molecule has 19 heavy (non-hydrogen) atoms. The number of hydrogen-bond donors (Lipinski definition) is 2. The molecule has 1 heterocycles. The number of nitrogens with zero attached hydrogens (tertiary/aromatic N) is 2. The summed E-state index contributed by atoms with van der Waals surface area (Å²) < 4.78 is 4.39. The maximum atomic E-state index is 11.1. The predicted octanol–water partition coefficient (Wildman–Crippen LogP) is 3.11. The molecule has 0 spiro atoms. The van der Waals surface area contributed by atoms with E-state index in [1.54, 1.807) is 0 Å². The fraction of sp³-hybridized carbons (Fsp3) is 0.769. The van der Waals surface area contributed by atoms with Crippen LogP contribution in [-0.2, 0) is 4.79 Å². The van der Waals surface area contributed by atoms with Crippen LogP contribution < -0.4 is 5.32 Å². The van der Waals surface area contributed by atoms with E-state index >= 15 is 0 Å². The second-order valence-corrected chi connectivity index (χ2v) is 6.25. The van der Waals surface area contributed by atoms with Crippen molar-refractivity contribution in [2.45, 2.75) is 57.9 Å². The van der Waals surface area contributed by atoms with E-state index in [1.807, 2.05) is 13.8 Å². The van der Waals surface area contributed by atoms with Gasteiger partial charge in [0.15, 0.2) is 0 Å². The Balaban J connectivity index is 2.01. The average molecular weight is 283 g/mol. The van der Waals surface area contributed by atoms with Gasteiger partial charge in [-0.1, -0.05) is 33.1 Å². The van der Waals surface area contributed by atoms with E-state index in [0.717, 1.165) is 18.7 Å². The van der Waals surface area contributed by atoms with Gasteiger partial charge in [-0.05, 0) is 18.8 Å². The third-order valence-corrected chi connectivity index (χ3v) is 4.28. The molecule has 1 fully saturated rings. The van der Waals surface area contributed by atoms with Crippen LogP contribution >= 0.6 is 11.5 Å². The van der Waals surface area contributed by atoms with Gasteiger partial charge in [-0.2, -0.15) is 4.37 Å². The van der Waals surface area contributed by atoms with Gasteiger partial charge in [0.1, 0.15) is 11.9 Å². The van der Waals surface area contributed by atoms with Crippen LogP contribution in [-0.4, -0.2) is 26.5 Å². The molecule has 0 unspecified atom stereocenters. The lowest BCUT2D eigenvalue weighted by Gasteiger charge is -2.18. The van der Waals surface area contributed by atoms with Crippen LogP contribution in [0.4, 0.5) is 5.13 Å². The third kappa shape index (κ3) is 3.65. The summed E-state index contributed by atoms with van der Waals surface area (Å²) >= 11 is 1.27. The molecule has 2 rings (SSSR count). The van der Waals surface area contributed by atoms with Crippen molar-refractivity contribution in [3.8, 4) is 0 Å². The molecule has 0 amide bonds. The number of aliphatic carboxylic acids is 1. The topological polar surface area (TPSA) is 75.1 Å². The van der Waals surface area contributed by atoms with Gasteiger partial charge in [-0.15, -0.1) is 0 Å². The molecule has 0 bridgehead atoms. The summed E-state index contributed by atoms with van der Waals surface area (Å²) in [6.45, 7) is 3.77. The standard InChI is InChI=1S/C13H21N3O2S/c1-8(2)10(12(17)18)14-13-15-11(16-19-13)9-6-4-3-5-7-9/h8-10H,3-7H2,1-2H3,(H,17,18)(H,14,15,16)/t10-/m1/s1. The summed E-state index contributed by atoms with van der Waals surface area (Å²) in [6, 6.07) is -0.604. The summed E-state index contributed by atoms with van der Waals surface area (Å²) in [4.78, 5) is 15.6. The number of carboxylic acids is 1. The van der Waals surface area contributed by atoms with Crippen molar-refractivity contribution in [1.82, 2.24) is 9.36 Å². The van der Waals surface area contributed by atoms with Gasteiger partial charge < -0.3 is 10.4 Å². The molecule has 1 aliphatic carbocycles. The van der Waals surface area contributed by atoms with Gasteiger partial charge >= 0.3 is 5.97 Å². The zero-order chi connectivity index (χ0) is 13.8. The molecule has 0 aliphatic heterocycles. The number of aromatic nitrogens is 2. The lowest BCUT2D eigenvalue weighted by molar-refractivity contribution is -0.138. The van der Waals surface area contributed by atoms with E-state index in [-0.39, 0.29) is 5.92 Å². The van der Waals surface area contributed by atoms with Crippen molar-refractivity contribution in [1.29, 1.82) is 0 Å². The zero-order valence-electron chi connectivity index (χ0n) is 11.4. The Morgan fingerprint density at radius 1 is 1.37 bits per heavy atom. The maximum Gasteiger partial charge on any atom is 0.326 e. The molecule has 0 aromatic carbocycles. The lowest BCUT2D eigenvalue weighted by atomic mass is 9.89. The summed E-state index contributed by atoms with van der Waals surface area (Å²) in [6.07, 6.45) is 6.11. The highest BCUT2D eigenvalue weighted by Gasteiger charge is 2.24. The monoisotopic (exact) mass is 283 g/mol. The van der Waals surface area contributed by atoms with Crippen LogP contribution in [0.2, 0.25) is 0 Å². The molecule has 1 aromatic heterocycles. The van der Waals surface area contributed by atoms with Crippen molar-refractivity contribution in [2.75, 3.05) is 5.32 Å². The molecule has 106 valence electrons. The van der Waals surface area contributed by atoms with Gasteiger partial charge in [0, 0.05) is 17.5 Å². The van der Waals surface area contributed by atoms with Crippen molar-refractivity contribution in [3.05, 3.63) is 5.82 Å². The van der Waals surface area contributed by atoms with Crippen LogP contribution in [0.15, 0.2) is 0 Å². The molecule has 0 radical (unpaired) electrons. The van der Waals surface area contributed by atoms with Crippen LogP contribution in [0, 0.1) is 5.92 Å². The first-order chi connectivity index (χ1) is 9.08. The average Bonchev–Trinajstić information content (AvgIpc) is 2.85. The molecule has 1 aliphatic rings. The number of nitrogens with one attached hydrogen (secondary N) is 1. The SMILES string of the molecule is CC(C)[C@@H](Nc1nc(C2CCCCC2)ns1)C(=O)O. The molecular weight excluding hydrogens is 262 g/mol. The Bertz CT molecular complexity index is 427. The molecule has 1 saturated carbocycles. The minimum Gasteiger partial charge on any atom is -0.480 e. The summed E-state index contributed by atoms with van der Waals surface area (Å²) in [5.74, 6) is 0.520. The largest absolute Gasteiger partial charge is 0.480 e. The normalized spacial score (nSPS) is 18.5. The quantitative estimate of drug-likeness (QED) is 0.868. The number of rotatable bonds is 5. The summed E-state index contributed by atoms with van der Waals surface area (Å²) in [5.41, 5.74) is 0. The summed E-state index contributed by atoms with van der Waals surface area (Å²) in [5, 5.41) is 12.8. The van der Waals surface area contributed by atoms with Gasteiger partial charge in [0.05, 0.1) is 0 Å². The molecule has 2 N–H and O–H groups in total. The number of carbonyl (C=O) groups is 1. The first-order valence-corrected chi connectivity index (χ1v) is 7.68. The van der Waals surface area contributed by atoms with E-state index in [0.29, 0.717) is 11.0 Å². The van der Waals surface area contributed by atoms with E-state index in [2.05, 4.69) is 14.7 Å². The predicted molar refractivity (Wildman–Crippen MR) is 75.6 cm³/mol. The molecule has 5 nitrogen and oxygen atoms in total. The smallest absolute Gasteiger partial charge is 0.326 e. The van der Waals surface area contributed by atoms with Crippen LogP contribution in [0.25, 0.3) is 0 Å². The highest BCUT2D eigenvalue weighted by atomic mass is 32.1. The van der Waals surface area contributed by atoms with E-state index in [1.165, 1.54) is 30.8 Å². The van der Waals surface area contributed by atoms with E-state index in [9.17, 15) is 4.79 Å². The fourth-order valence-electron chi connectivity index (χ4n) is 2.47. The van der Waals surface area contributed by atoms with E-state index in [4.69, 9.17) is 5.11 Å². The molecule has 1 aromatic rings. The van der Waals surface area contributed by atoms with Gasteiger partial charge in [-0.3, -0.25) is 0 Å². The summed E-state index contributed by atoms with van der Waals surface area (Å²) in [7, 11) is 0. The van der Waals surface area contributed by atoms with Gasteiger partial charge in [-0.25, -0.2) is 9.78 Å². The Hall–Kier alpha value is -1.17. The number of anilines is 1. The van der Waals surface area contributed by atoms with Gasteiger partial charge in [0.25, 0.3) is 0 Å². The van der Waals surface area contributed by atoms with Crippen molar-refractivity contribution in [3.63, 3.8) is 0 Å². The van der Waals surface area contributed by atoms with E-state index < -0.39 is 12.0 Å². The number of carboxylic acid groups (broad SMARTS) is 1. The number of hydrogen-bond acceptors (Lipinski definition) is 5. The molecule has 6 heteroatoms. The first kappa shape index (κ1) is 14.2. The maximum absolute atomic E-state index is 11.1. The van der Waals surface area contributed by atoms with Crippen molar-refractivity contribution in [2.24, 2.45) is 5.92 Å². The second kappa shape index (κ2) is 6.32. The van der Waals surface area contributed by atoms with Crippen LogP contribution in [0.5, 0.6) is 0 Å². The lowest BCUT2D eigenvalue weighted by Crippen LogP contribution is -2.34. The molecule has 0 saturated heterocycles. The highest BCUT2D eigenvalue weighted by molar-refractivity contribution is 7.09. The highest BCUT2D eigenvalue weighted by Crippen LogP contribution is 2.32. The minimum absolute atomic E-state index is 0.0135. The third-order valence-electron chi connectivity index (χ3n) is 3.62. The van der Waals surface area contributed by atoms with Gasteiger partial charge in [0.2, 0.25) is 5.13 Å². The molecule has 1 atom stereocenters. The Morgan fingerprint density at radius 2 is 2.05 bits per heavy atom. The van der Waals surface area contributed by atoms with Crippen molar-refractivity contribution < 1.29 is 9.90 Å². The van der Waals surface area contributed by atoms with Crippen LogP contribution in [0.3, 0.4) is 0 Å². The zero-order valence-corrected chi connectivity index (χ0v) is 12.2. The fourth-order valence-corrected chi connectivity index (χ4v) is 3.15. The molecular formula is C13H21N3O2S. The van der Waals surface area contributed by atoms with Crippen LogP contribution in [0.1, 0.15) is 57.7 Å². The van der Waals surface area contributed by atoms with Crippen molar-refractivity contribution >= 4 is 22.6 Å². The Kier molecular flexibility index (Phi) is 4.74. The second-order valence-electron chi connectivity index (χ2n) is 5.50.